The molecule has 0 fully saturated rings. The molecule has 1 aliphatic rings. The van der Waals surface area contributed by atoms with Crippen molar-refractivity contribution in [1.29, 1.82) is 0 Å². The molecule has 2 nitrogen and oxygen atoms in total. The van der Waals surface area contributed by atoms with E-state index in [1.54, 1.807) is 12.1 Å². The lowest BCUT2D eigenvalue weighted by Gasteiger charge is -2.17. The van der Waals surface area contributed by atoms with Crippen molar-refractivity contribution in [2.24, 2.45) is 0 Å². The molecule has 102 valence electrons. The lowest BCUT2D eigenvalue weighted by molar-refractivity contribution is 0.0697. The summed E-state index contributed by atoms with van der Waals surface area (Å²) < 4.78 is 0. The predicted octanol–water partition coefficient (Wildman–Crippen LogP) is 4.24. The lowest BCUT2D eigenvalue weighted by Crippen LogP contribution is -2.02. The summed E-state index contributed by atoms with van der Waals surface area (Å²) >= 11 is 0. The van der Waals surface area contributed by atoms with Gasteiger partial charge in [-0.05, 0) is 72.6 Å². The van der Waals surface area contributed by atoms with Gasteiger partial charge in [0, 0.05) is 0 Å². The number of benzene rings is 2. The molecule has 0 bridgehead atoms. The van der Waals surface area contributed by atoms with Crippen LogP contribution in [0, 0.1) is 6.92 Å². The molecule has 0 radical (unpaired) electrons. The zero-order valence-electron chi connectivity index (χ0n) is 11.6. The molecule has 0 aromatic heterocycles. The summed E-state index contributed by atoms with van der Waals surface area (Å²) in [5.41, 5.74) is 6.61. The van der Waals surface area contributed by atoms with Crippen molar-refractivity contribution in [1.82, 2.24) is 0 Å². The molecule has 0 spiro atoms. The van der Waals surface area contributed by atoms with Crippen LogP contribution in [0.3, 0.4) is 0 Å². The molecule has 3 rings (SSSR count). The van der Waals surface area contributed by atoms with E-state index in [0.29, 0.717) is 5.56 Å². The summed E-state index contributed by atoms with van der Waals surface area (Å²) in [6, 6.07) is 12.0. The van der Waals surface area contributed by atoms with Crippen LogP contribution in [0.1, 0.15) is 39.9 Å². The molecule has 2 aromatic carbocycles. The molecule has 1 N–H and O–H groups in total. The van der Waals surface area contributed by atoms with Crippen LogP contribution >= 0.6 is 0 Å². The third-order valence-electron chi connectivity index (χ3n) is 4.13. The van der Waals surface area contributed by atoms with E-state index in [1.807, 2.05) is 13.0 Å². The highest BCUT2D eigenvalue weighted by Gasteiger charge is 2.12. The average molecular weight is 266 g/mol. The van der Waals surface area contributed by atoms with Gasteiger partial charge in [-0.25, -0.2) is 4.79 Å². The second-order valence-electron chi connectivity index (χ2n) is 5.53. The van der Waals surface area contributed by atoms with E-state index in [0.717, 1.165) is 17.5 Å². The Bertz CT molecular complexity index is 671. The van der Waals surface area contributed by atoms with Crippen molar-refractivity contribution in [3.8, 4) is 11.1 Å². The minimum absolute atomic E-state index is 0.351. The fourth-order valence-corrected chi connectivity index (χ4v) is 3.02. The first kappa shape index (κ1) is 12.9. The fraction of sp³-hybridized carbons (Fsp3) is 0.278. The van der Waals surface area contributed by atoms with Gasteiger partial charge in [-0.3, -0.25) is 0 Å². The van der Waals surface area contributed by atoms with Gasteiger partial charge in [0.15, 0.2) is 0 Å². The standard InChI is InChI=1S/C18H18O2/c1-12-10-16(18(19)20)8-9-17(12)15-7-6-13-4-2-3-5-14(13)11-15/h6-11H,2-5H2,1H3,(H,19,20). The number of aryl methyl sites for hydroxylation is 3. The molecule has 20 heavy (non-hydrogen) atoms. The van der Waals surface area contributed by atoms with Crippen molar-refractivity contribution >= 4 is 5.97 Å². The molecule has 0 saturated heterocycles. The van der Waals surface area contributed by atoms with Gasteiger partial charge in [-0.2, -0.15) is 0 Å². The van der Waals surface area contributed by atoms with Crippen LogP contribution in [-0.4, -0.2) is 11.1 Å². The SMILES string of the molecule is Cc1cc(C(=O)O)ccc1-c1ccc2c(c1)CCCC2. The first-order valence-corrected chi connectivity index (χ1v) is 7.11. The normalized spacial score (nSPS) is 13.8. The maximum Gasteiger partial charge on any atom is 0.335 e. The Morgan fingerprint density at radius 1 is 1.00 bits per heavy atom. The third-order valence-corrected chi connectivity index (χ3v) is 4.13. The predicted molar refractivity (Wildman–Crippen MR) is 80.2 cm³/mol. The second-order valence-corrected chi connectivity index (χ2v) is 5.53. The van der Waals surface area contributed by atoms with E-state index in [-0.39, 0.29) is 0 Å². The number of hydrogen-bond donors (Lipinski definition) is 1. The molecular weight excluding hydrogens is 248 g/mol. The summed E-state index contributed by atoms with van der Waals surface area (Å²) in [4.78, 5) is 11.0. The van der Waals surface area contributed by atoms with Crippen LogP contribution in [0.25, 0.3) is 11.1 Å². The minimum Gasteiger partial charge on any atom is -0.478 e. The number of hydrogen-bond acceptors (Lipinski definition) is 1. The number of rotatable bonds is 2. The number of aromatic carboxylic acids is 1. The van der Waals surface area contributed by atoms with Crippen molar-refractivity contribution in [3.63, 3.8) is 0 Å². The Kier molecular flexibility index (Phi) is 3.31. The molecule has 0 heterocycles. The van der Waals surface area contributed by atoms with Crippen LogP contribution < -0.4 is 0 Å². The van der Waals surface area contributed by atoms with Gasteiger partial charge in [-0.15, -0.1) is 0 Å². The van der Waals surface area contributed by atoms with Crippen molar-refractivity contribution < 1.29 is 9.90 Å². The second kappa shape index (κ2) is 5.12. The quantitative estimate of drug-likeness (QED) is 0.882. The fourth-order valence-electron chi connectivity index (χ4n) is 3.02. The molecule has 2 aromatic rings. The molecule has 0 aliphatic heterocycles. The van der Waals surface area contributed by atoms with Gasteiger partial charge in [0.05, 0.1) is 5.56 Å². The summed E-state index contributed by atoms with van der Waals surface area (Å²) in [5.74, 6) is -0.870. The van der Waals surface area contributed by atoms with Gasteiger partial charge in [0.2, 0.25) is 0 Å². The highest BCUT2D eigenvalue weighted by Crippen LogP contribution is 2.29. The summed E-state index contributed by atoms with van der Waals surface area (Å²) in [6.07, 6.45) is 4.91. The Hall–Kier alpha value is -2.09. The zero-order valence-corrected chi connectivity index (χ0v) is 11.6. The first-order chi connectivity index (χ1) is 9.65. The van der Waals surface area contributed by atoms with Crippen molar-refractivity contribution in [3.05, 3.63) is 58.7 Å². The van der Waals surface area contributed by atoms with Crippen LogP contribution in [0.4, 0.5) is 0 Å². The number of fused-ring (bicyclic) bond motifs is 1. The van der Waals surface area contributed by atoms with E-state index >= 15 is 0 Å². The zero-order chi connectivity index (χ0) is 14.1. The Morgan fingerprint density at radius 3 is 2.45 bits per heavy atom. The number of carboxylic acids is 1. The van der Waals surface area contributed by atoms with Crippen molar-refractivity contribution in [2.75, 3.05) is 0 Å². The molecule has 0 saturated carbocycles. The molecular formula is C18H18O2. The maximum absolute atomic E-state index is 11.0. The first-order valence-electron chi connectivity index (χ1n) is 7.11. The Balaban J connectivity index is 2.02. The highest BCUT2D eigenvalue weighted by molar-refractivity contribution is 5.89. The van der Waals surface area contributed by atoms with Gasteiger partial charge in [0.1, 0.15) is 0 Å². The smallest absolute Gasteiger partial charge is 0.335 e. The van der Waals surface area contributed by atoms with E-state index in [4.69, 9.17) is 5.11 Å². The van der Waals surface area contributed by atoms with E-state index < -0.39 is 5.97 Å². The third kappa shape index (κ3) is 2.34. The van der Waals surface area contributed by atoms with Crippen LogP contribution in [0.15, 0.2) is 36.4 Å². The maximum atomic E-state index is 11.0. The number of carboxylic acid groups (broad SMARTS) is 1. The van der Waals surface area contributed by atoms with Gasteiger partial charge in [-0.1, -0.05) is 24.3 Å². The van der Waals surface area contributed by atoms with Crippen LogP contribution in [0.2, 0.25) is 0 Å². The molecule has 1 aliphatic carbocycles. The van der Waals surface area contributed by atoms with Gasteiger partial charge < -0.3 is 5.11 Å². The minimum atomic E-state index is -0.870. The van der Waals surface area contributed by atoms with Crippen LogP contribution in [0.5, 0.6) is 0 Å². The Morgan fingerprint density at radius 2 is 1.75 bits per heavy atom. The van der Waals surface area contributed by atoms with Gasteiger partial charge in [0.25, 0.3) is 0 Å². The summed E-state index contributed by atoms with van der Waals surface area (Å²) in [5, 5.41) is 9.03. The largest absolute Gasteiger partial charge is 0.478 e. The highest BCUT2D eigenvalue weighted by atomic mass is 16.4. The molecule has 0 atom stereocenters. The molecule has 2 heteroatoms. The summed E-state index contributed by atoms with van der Waals surface area (Å²) in [6.45, 7) is 1.97. The van der Waals surface area contributed by atoms with Crippen molar-refractivity contribution in [2.45, 2.75) is 32.6 Å². The van der Waals surface area contributed by atoms with E-state index in [2.05, 4.69) is 18.2 Å². The van der Waals surface area contributed by atoms with E-state index in [1.165, 1.54) is 36.0 Å². The van der Waals surface area contributed by atoms with Gasteiger partial charge >= 0.3 is 5.97 Å². The average Bonchev–Trinajstić information content (AvgIpc) is 2.46. The van der Waals surface area contributed by atoms with E-state index in [9.17, 15) is 4.79 Å². The Labute approximate surface area is 119 Å². The molecule has 0 amide bonds. The molecule has 0 unspecified atom stereocenters. The van der Waals surface area contributed by atoms with Crippen LogP contribution in [-0.2, 0) is 12.8 Å². The lowest BCUT2D eigenvalue weighted by atomic mass is 9.88. The monoisotopic (exact) mass is 266 g/mol. The number of carbonyl (C=O) groups is 1. The topological polar surface area (TPSA) is 37.3 Å². The summed E-state index contributed by atoms with van der Waals surface area (Å²) in [7, 11) is 0.